The fourth-order valence-corrected chi connectivity index (χ4v) is 3.22. The highest BCUT2D eigenvalue weighted by atomic mass is 16.5. The highest BCUT2D eigenvalue weighted by molar-refractivity contribution is 5.24. The summed E-state index contributed by atoms with van der Waals surface area (Å²) in [5.74, 6) is 0.713. The zero-order chi connectivity index (χ0) is 10.3. The smallest absolute Gasteiger partial charge is 0.0677 e. The average molecular weight is 208 g/mol. The van der Waals surface area contributed by atoms with Gasteiger partial charge in [-0.2, -0.15) is 0 Å². The predicted molar refractivity (Wildman–Crippen MR) is 59.6 cm³/mol. The summed E-state index contributed by atoms with van der Waals surface area (Å²) in [6, 6.07) is 1.42. The number of likely N-dealkylation sites (tertiary alicyclic amines) is 1. The Balaban J connectivity index is 1.77. The molecule has 1 N–H and O–H groups in total. The van der Waals surface area contributed by atoms with Crippen molar-refractivity contribution < 1.29 is 4.74 Å². The van der Waals surface area contributed by atoms with Gasteiger partial charge in [0.2, 0.25) is 0 Å². The second-order valence-corrected chi connectivity index (χ2v) is 4.80. The largest absolute Gasteiger partial charge is 0.379 e. The minimum absolute atomic E-state index is 0.688. The van der Waals surface area contributed by atoms with Crippen molar-refractivity contribution in [3.8, 4) is 0 Å². The number of nitrogens with zero attached hydrogens (tertiary/aromatic N) is 1. The number of allylic oxidation sites excluding steroid dienone is 1. The van der Waals surface area contributed by atoms with Crippen LogP contribution in [0.5, 0.6) is 0 Å². The molecule has 3 heterocycles. The first kappa shape index (κ1) is 9.67. The molecular weight excluding hydrogens is 188 g/mol. The van der Waals surface area contributed by atoms with E-state index in [4.69, 9.17) is 4.74 Å². The van der Waals surface area contributed by atoms with E-state index in [0.717, 1.165) is 32.2 Å². The molecule has 3 fully saturated rings. The van der Waals surface area contributed by atoms with Gasteiger partial charge in [-0.1, -0.05) is 13.0 Å². The summed E-state index contributed by atoms with van der Waals surface area (Å²) in [6.07, 6.45) is 4.84. The maximum absolute atomic E-state index is 5.59. The molecule has 3 heteroatoms. The first-order chi connectivity index (χ1) is 7.42. The molecule has 0 saturated carbocycles. The Morgan fingerprint density at radius 2 is 2.47 bits per heavy atom. The third kappa shape index (κ3) is 1.41. The molecule has 3 atom stereocenters. The number of nitrogens with one attached hydrogen (secondary N) is 1. The maximum Gasteiger partial charge on any atom is 0.0677 e. The van der Waals surface area contributed by atoms with Gasteiger partial charge in [-0.15, -0.1) is 0 Å². The molecule has 84 valence electrons. The van der Waals surface area contributed by atoms with Crippen LogP contribution < -0.4 is 5.32 Å². The van der Waals surface area contributed by atoms with E-state index in [1.165, 1.54) is 13.0 Å². The van der Waals surface area contributed by atoms with Crippen LogP contribution in [0.15, 0.2) is 11.8 Å². The van der Waals surface area contributed by atoms with Gasteiger partial charge in [0.15, 0.2) is 0 Å². The van der Waals surface area contributed by atoms with Crippen LogP contribution in [-0.4, -0.2) is 43.3 Å². The molecule has 3 saturated heterocycles. The van der Waals surface area contributed by atoms with Gasteiger partial charge in [-0.25, -0.2) is 0 Å². The average Bonchev–Trinajstić information content (AvgIpc) is 2.85. The van der Waals surface area contributed by atoms with Gasteiger partial charge >= 0.3 is 0 Å². The van der Waals surface area contributed by atoms with E-state index < -0.39 is 0 Å². The van der Waals surface area contributed by atoms with E-state index in [1.807, 2.05) is 0 Å². The van der Waals surface area contributed by atoms with Gasteiger partial charge < -0.3 is 15.0 Å². The summed E-state index contributed by atoms with van der Waals surface area (Å²) in [5, 5.41) is 3.45. The van der Waals surface area contributed by atoms with Crippen molar-refractivity contribution in [3.05, 3.63) is 11.8 Å². The van der Waals surface area contributed by atoms with Gasteiger partial charge in [0.1, 0.15) is 0 Å². The molecule has 3 aliphatic rings. The van der Waals surface area contributed by atoms with Crippen LogP contribution in [-0.2, 0) is 4.74 Å². The van der Waals surface area contributed by atoms with Gasteiger partial charge in [0.25, 0.3) is 0 Å². The van der Waals surface area contributed by atoms with Gasteiger partial charge in [-0.3, -0.25) is 0 Å². The molecule has 0 amide bonds. The van der Waals surface area contributed by atoms with Crippen molar-refractivity contribution in [1.29, 1.82) is 0 Å². The third-order valence-corrected chi connectivity index (χ3v) is 3.93. The molecule has 0 aromatic heterocycles. The van der Waals surface area contributed by atoms with Crippen LogP contribution in [0.2, 0.25) is 0 Å². The van der Waals surface area contributed by atoms with Crippen molar-refractivity contribution in [2.75, 3.05) is 26.3 Å². The molecule has 3 rings (SSSR count). The zero-order valence-electron chi connectivity index (χ0n) is 9.41. The first-order valence-corrected chi connectivity index (χ1v) is 6.18. The van der Waals surface area contributed by atoms with E-state index in [9.17, 15) is 0 Å². The Morgan fingerprint density at radius 3 is 3.20 bits per heavy atom. The molecule has 0 radical (unpaired) electrons. The monoisotopic (exact) mass is 208 g/mol. The van der Waals surface area contributed by atoms with Crippen LogP contribution >= 0.6 is 0 Å². The van der Waals surface area contributed by atoms with E-state index in [1.54, 1.807) is 5.70 Å². The van der Waals surface area contributed by atoms with Gasteiger partial charge in [0.05, 0.1) is 19.3 Å². The van der Waals surface area contributed by atoms with E-state index in [0.29, 0.717) is 12.0 Å². The molecule has 15 heavy (non-hydrogen) atoms. The third-order valence-electron chi connectivity index (χ3n) is 3.93. The predicted octanol–water partition coefficient (Wildman–Crippen LogP) is 0.973. The fraction of sp³-hybridized carbons (Fsp3) is 0.833. The Morgan fingerprint density at radius 1 is 1.53 bits per heavy atom. The minimum Gasteiger partial charge on any atom is -0.379 e. The quantitative estimate of drug-likeness (QED) is 0.732. The van der Waals surface area contributed by atoms with Crippen molar-refractivity contribution in [3.63, 3.8) is 0 Å². The summed E-state index contributed by atoms with van der Waals surface area (Å²) in [4.78, 5) is 2.63. The highest BCUT2D eigenvalue weighted by Crippen LogP contribution is 2.43. The van der Waals surface area contributed by atoms with E-state index >= 15 is 0 Å². The maximum atomic E-state index is 5.59. The number of ether oxygens (including phenoxy) is 1. The lowest BCUT2D eigenvalue weighted by atomic mass is 9.84. The topological polar surface area (TPSA) is 24.5 Å². The van der Waals surface area contributed by atoms with Crippen LogP contribution in [0.3, 0.4) is 0 Å². The Hall–Kier alpha value is -0.540. The lowest BCUT2D eigenvalue weighted by molar-refractivity contribution is 0.0761. The normalized spacial score (nSPS) is 42.1. The van der Waals surface area contributed by atoms with Gasteiger partial charge in [0, 0.05) is 24.2 Å². The standard InChI is InChI=1S/C12H20N2O/c1-2-3-11-10-7-15-8-12(10)14(11)9-4-5-13-6-9/h3,9-10,12-13H,2,4-8H2,1H3/b11-3+/t9-,10?,12?/m1/s1. The number of rotatable bonds is 2. The van der Waals surface area contributed by atoms with E-state index in [2.05, 4.69) is 23.2 Å². The number of hydrogen-bond acceptors (Lipinski definition) is 3. The second kappa shape index (κ2) is 3.80. The number of fused-ring (bicyclic) bond motifs is 1. The summed E-state index contributed by atoms with van der Waals surface area (Å²) < 4.78 is 5.59. The second-order valence-electron chi connectivity index (χ2n) is 4.80. The van der Waals surface area contributed by atoms with Crippen LogP contribution in [0.25, 0.3) is 0 Å². The van der Waals surface area contributed by atoms with Crippen molar-refractivity contribution >= 4 is 0 Å². The molecular formula is C12H20N2O. The molecule has 0 bridgehead atoms. The fourth-order valence-electron chi connectivity index (χ4n) is 3.22. The molecule has 0 aromatic carbocycles. The number of hydrogen-bond donors (Lipinski definition) is 1. The van der Waals surface area contributed by atoms with Crippen molar-refractivity contribution in [2.45, 2.75) is 31.8 Å². The van der Waals surface area contributed by atoms with Crippen molar-refractivity contribution in [1.82, 2.24) is 10.2 Å². The molecule has 3 nitrogen and oxygen atoms in total. The lowest BCUT2D eigenvalue weighted by Gasteiger charge is -2.51. The molecule has 0 aromatic rings. The lowest BCUT2D eigenvalue weighted by Crippen LogP contribution is -2.58. The summed E-state index contributed by atoms with van der Waals surface area (Å²) in [5.41, 5.74) is 1.56. The minimum atomic E-state index is 0.688. The zero-order valence-corrected chi connectivity index (χ0v) is 9.41. The Labute approximate surface area is 91.5 Å². The van der Waals surface area contributed by atoms with Crippen LogP contribution in [0.4, 0.5) is 0 Å². The molecule has 0 aliphatic carbocycles. The van der Waals surface area contributed by atoms with Gasteiger partial charge in [-0.05, 0) is 19.4 Å². The highest BCUT2D eigenvalue weighted by Gasteiger charge is 2.49. The van der Waals surface area contributed by atoms with Crippen LogP contribution in [0, 0.1) is 5.92 Å². The molecule has 2 unspecified atom stereocenters. The summed E-state index contributed by atoms with van der Waals surface area (Å²) in [7, 11) is 0. The Kier molecular flexibility index (Phi) is 2.45. The molecule has 0 spiro atoms. The summed E-state index contributed by atoms with van der Waals surface area (Å²) >= 11 is 0. The SMILES string of the molecule is CC/C=C1\C2COCC2N1[C@@H]1CCNC1. The summed E-state index contributed by atoms with van der Waals surface area (Å²) in [6.45, 7) is 6.46. The van der Waals surface area contributed by atoms with Crippen molar-refractivity contribution in [2.24, 2.45) is 5.92 Å². The Bertz CT molecular complexity index is 266. The van der Waals surface area contributed by atoms with E-state index in [-0.39, 0.29) is 0 Å². The molecule has 3 aliphatic heterocycles. The van der Waals surface area contributed by atoms with Crippen LogP contribution in [0.1, 0.15) is 19.8 Å². The first-order valence-electron chi connectivity index (χ1n) is 6.18.